The van der Waals surface area contributed by atoms with Gasteiger partial charge < -0.3 is 5.32 Å². The first kappa shape index (κ1) is 17.5. The average Bonchev–Trinajstić information content (AvgIpc) is 2.57. The fourth-order valence-corrected chi connectivity index (χ4v) is 3.14. The van der Waals surface area contributed by atoms with E-state index in [1.165, 1.54) is 16.3 Å². The van der Waals surface area contributed by atoms with Crippen LogP contribution >= 0.6 is 11.6 Å². The number of benzene rings is 3. The number of aryl methyl sites for hydroxylation is 1. The number of nitrogens with zero attached hydrogens (tertiary/aromatic N) is 1. The molecule has 0 atom stereocenters. The van der Waals surface area contributed by atoms with Crippen molar-refractivity contribution in [2.24, 2.45) is 0 Å². The third-order valence-corrected chi connectivity index (χ3v) is 4.39. The number of amides is 1. The summed E-state index contributed by atoms with van der Waals surface area (Å²) in [6.45, 7) is 2.98. The van der Waals surface area contributed by atoms with E-state index >= 15 is 0 Å². The molecule has 3 rings (SSSR count). The molecule has 0 bridgehead atoms. The van der Waals surface area contributed by atoms with Crippen LogP contribution < -0.4 is 5.32 Å². The molecule has 1 amide bonds. The Morgan fingerprint density at radius 1 is 1.04 bits per heavy atom. The fraction of sp³-hybridized carbons (Fsp3) is 0.190. The van der Waals surface area contributed by atoms with Crippen molar-refractivity contribution in [3.63, 3.8) is 0 Å². The topological polar surface area (TPSA) is 32.3 Å². The second-order valence-electron chi connectivity index (χ2n) is 6.39. The van der Waals surface area contributed by atoms with Crippen molar-refractivity contribution in [2.45, 2.75) is 13.5 Å². The Morgan fingerprint density at radius 2 is 1.80 bits per heavy atom. The molecule has 3 nitrogen and oxygen atoms in total. The van der Waals surface area contributed by atoms with E-state index in [9.17, 15) is 4.79 Å². The number of hydrogen-bond donors (Lipinski definition) is 1. The smallest absolute Gasteiger partial charge is 0.238 e. The second kappa shape index (κ2) is 7.68. The molecular formula is C21H21ClN2O. The zero-order valence-electron chi connectivity index (χ0n) is 14.4. The minimum atomic E-state index is -0.0750. The van der Waals surface area contributed by atoms with Crippen LogP contribution in [0.25, 0.3) is 10.8 Å². The molecule has 0 aliphatic carbocycles. The SMILES string of the molecule is Cc1ccc(NC(=O)CN(C)Cc2ccc3ccccc3c2)c(Cl)c1. The van der Waals surface area contributed by atoms with Crippen LogP contribution in [-0.2, 0) is 11.3 Å². The van der Waals surface area contributed by atoms with Crippen LogP contribution in [0.15, 0.2) is 60.7 Å². The quantitative estimate of drug-likeness (QED) is 0.710. The number of carbonyl (C=O) groups is 1. The maximum Gasteiger partial charge on any atom is 0.238 e. The minimum absolute atomic E-state index is 0.0750. The molecule has 0 aliphatic rings. The first-order chi connectivity index (χ1) is 12.0. The van der Waals surface area contributed by atoms with Crippen LogP contribution in [0.2, 0.25) is 5.02 Å². The maximum absolute atomic E-state index is 12.3. The van der Waals surface area contributed by atoms with Crippen molar-refractivity contribution in [3.8, 4) is 0 Å². The Labute approximate surface area is 153 Å². The van der Waals surface area contributed by atoms with Gasteiger partial charge in [-0.3, -0.25) is 9.69 Å². The molecule has 0 unspecified atom stereocenters. The van der Waals surface area contributed by atoms with Gasteiger partial charge in [0.15, 0.2) is 0 Å². The molecule has 3 aromatic rings. The van der Waals surface area contributed by atoms with Crippen molar-refractivity contribution in [1.29, 1.82) is 0 Å². The summed E-state index contributed by atoms with van der Waals surface area (Å²) < 4.78 is 0. The van der Waals surface area contributed by atoms with Gasteiger partial charge in [0.1, 0.15) is 0 Å². The average molecular weight is 353 g/mol. The second-order valence-corrected chi connectivity index (χ2v) is 6.79. The predicted molar refractivity (Wildman–Crippen MR) is 105 cm³/mol. The van der Waals surface area contributed by atoms with E-state index in [1.807, 2.05) is 49.2 Å². The molecule has 0 aromatic heterocycles. The highest BCUT2D eigenvalue weighted by molar-refractivity contribution is 6.33. The van der Waals surface area contributed by atoms with Gasteiger partial charge in [0.05, 0.1) is 17.3 Å². The van der Waals surface area contributed by atoms with Gasteiger partial charge in [-0.2, -0.15) is 0 Å². The van der Waals surface area contributed by atoms with Gasteiger partial charge in [0, 0.05) is 6.54 Å². The summed E-state index contributed by atoms with van der Waals surface area (Å²) in [6, 6.07) is 20.3. The molecule has 1 N–H and O–H groups in total. The number of carbonyl (C=O) groups excluding carboxylic acids is 1. The van der Waals surface area contributed by atoms with Crippen molar-refractivity contribution in [3.05, 3.63) is 76.8 Å². The normalized spacial score (nSPS) is 11.0. The molecule has 3 aromatic carbocycles. The maximum atomic E-state index is 12.3. The van der Waals surface area contributed by atoms with Crippen LogP contribution in [0.1, 0.15) is 11.1 Å². The number of rotatable bonds is 5. The van der Waals surface area contributed by atoms with Gasteiger partial charge in [-0.1, -0.05) is 54.1 Å². The summed E-state index contributed by atoms with van der Waals surface area (Å²) in [4.78, 5) is 14.2. The van der Waals surface area contributed by atoms with E-state index in [1.54, 1.807) is 0 Å². The molecule has 0 saturated heterocycles. The minimum Gasteiger partial charge on any atom is -0.324 e. The van der Waals surface area contributed by atoms with Gasteiger partial charge in [-0.25, -0.2) is 0 Å². The van der Waals surface area contributed by atoms with E-state index in [-0.39, 0.29) is 5.91 Å². The van der Waals surface area contributed by atoms with E-state index < -0.39 is 0 Å². The lowest BCUT2D eigenvalue weighted by Gasteiger charge is -2.17. The molecular weight excluding hydrogens is 332 g/mol. The number of nitrogens with one attached hydrogen (secondary N) is 1. The first-order valence-electron chi connectivity index (χ1n) is 8.23. The van der Waals surface area contributed by atoms with E-state index in [0.29, 0.717) is 23.8 Å². The monoisotopic (exact) mass is 352 g/mol. The van der Waals surface area contributed by atoms with E-state index in [0.717, 1.165) is 5.56 Å². The Morgan fingerprint density at radius 3 is 2.56 bits per heavy atom. The van der Waals surface area contributed by atoms with Crippen LogP contribution in [0.5, 0.6) is 0 Å². The summed E-state index contributed by atoms with van der Waals surface area (Å²) in [6.07, 6.45) is 0. The highest BCUT2D eigenvalue weighted by Crippen LogP contribution is 2.22. The van der Waals surface area contributed by atoms with Crippen LogP contribution in [0, 0.1) is 6.92 Å². The Balaban J connectivity index is 1.60. The molecule has 0 spiro atoms. The molecule has 0 saturated carbocycles. The van der Waals surface area contributed by atoms with Crippen molar-refractivity contribution in [2.75, 3.05) is 18.9 Å². The van der Waals surface area contributed by atoms with Crippen molar-refractivity contribution >= 4 is 34.0 Å². The molecule has 0 radical (unpaired) electrons. The molecule has 128 valence electrons. The van der Waals surface area contributed by atoms with E-state index in [4.69, 9.17) is 11.6 Å². The zero-order chi connectivity index (χ0) is 17.8. The molecule has 4 heteroatoms. The van der Waals surface area contributed by atoms with Gasteiger partial charge in [-0.05, 0) is 54.1 Å². The summed E-state index contributed by atoms with van der Waals surface area (Å²) in [5.41, 5.74) is 2.90. The predicted octanol–water partition coefficient (Wildman–Crippen LogP) is 4.87. The summed E-state index contributed by atoms with van der Waals surface area (Å²) >= 11 is 6.17. The highest BCUT2D eigenvalue weighted by atomic mass is 35.5. The Kier molecular flexibility index (Phi) is 5.37. The Hall–Kier alpha value is -2.36. The zero-order valence-corrected chi connectivity index (χ0v) is 15.2. The van der Waals surface area contributed by atoms with Crippen LogP contribution in [0.4, 0.5) is 5.69 Å². The third kappa shape index (κ3) is 4.59. The number of anilines is 1. The fourth-order valence-electron chi connectivity index (χ4n) is 2.86. The first-order valence-corrected chi connectivity index (χ1v) is 8.61. The lowest BCUT2D eigenvalue weighted by molar-refractivity contribution is -0.117. The Bertz CT molecular complexity index is 907. The number of hydrogen-bond acceptors (Lipinski definition) is 2. The lowest BCUT2D eigenvalue weighted by atomic mass is 10.1. The van der Waals surface area contributed by atoms with Crippen LogP contribution in [0.3, 0.4) is 0 Å². The van der Waals surface area contributed by atoms with Crippen molar-refractivity contribution < 1.29 is 4.79 Å². The van der Waals surface area contributed by atoms with Gasteiger partial charge in [-0.15, -0.1) is 0 Å². The highest BCUT2D eigenvalue weighted by Gasteiger charge is 2.10. The summed E-state index contributed by atoms with van der Waals surface area (Å²) in [5.74, 6) is -0.0750. The third-order valence-electron chi connectivity index (χ3n) is 4.08. The largest absolute Gasteiger partial charge is 0.324 e. The lowest BCUT2D eigenvalue weighted by Crippen LogP contribution is -2.29. The number of likely N-dealkylation sites (N-methyl/N-ethyl adjacent to an activating group) is 1. The van der Waals surface area contributed by atoms with Gasteiger partial charge >= 0.3 is 0 Å². The molecule has 0 aliphatic heterocycles. The van der Waals surface area contributed by atoms with Crippen LogP contribution in [-0.4, -0.2) is 24.4 Å². The van der Waals surface area contributed by atoms with Gasteiger partial charge in [0.25, 0.3) is 0 Å². The molecule has 25 heavy (non-hydrogen) atoms. The summed E-state index contributed by atoms with van der Waals surface area (Å²) in [5, 5.41) is 5.87. The van der Waals surface area contributed by atoms with E-state index in [2.05, 4.69) is 35.6 Å². The number of halogens is 1. The molecule has 0 heterocycles. The summed E-state index contributed by atoms with van der Waals surface area (Å²) in [7, 11) is 1.94. The van der Waals surface area contributed by atoms with Crippen molar-refractivity contribution in [1.82, 2.24) is 4.90 Å². The van der Waals surface area contributed by atoms with Gasteiger partial charge in [0.2, 0.25) is 5.91 Å². The molecule has 0 fully saturated rings. The standard InChI is InChI=1S/C21H21ClN2O/c1-15-7-10-20(19(22)11-15)23-21(25)14-24(2)13-16-8-9-17-5-3-4-6-18(17)12-16/h3-12H,13-14H2,1-2H3,(H,23,25). The number of fused-ring (bicyclic) bond motifs is 1.